The summed E-state index contributed by atoms with van der Waals surface area (Å²) in [5, 5.41) is 15.6. The number of esters is 1. The maximum atomic E-state index is 16.0. The number of cyclic esters (lactones) is 1. The molecule has 0 bridgehead atoms. The zero-order valence-electron chi connectivity index (χ0n) is 35.9. The lowest BCUT2D eigenvalue weighted by Crippen LogP contribution is -2.58. The molecule has 4 amide bonds. The molecule has 5 heterocycles. The van der Waals surface area contributed by atoms with Crippen LogP contribution in [0.1, 0.15) is 51.6 Å². The molecule has 3 saturated heterocycles. The Morgan fingerprint density at radius 1 is 0.848 bits per heavy atom. The molecule has 0 saturated carbocycles. The molecule has 15 heteroatoms. The Hall–Kier alpha value is -7.38. The van der Waals surface area contributed by atoms with Crippen molar-refractivity contribution in [1.29, 1.82) is 0 Å². The number of hydrogen-bond donors (Lipinski definition) is 4. The minimum absolute atomic E-state index is 0.0178. The number of ether oxygens (including phenoxy) is 4. The number of para-hydroxylation sites is 1. The van der Waals surface area contributed by atoms with Gasteiger partial charge in [0.25, 0.3) is 0 Å². The first-order valence-corrected chi connectivity index (χ1v) is 22.0. The minimum atomic E-state index is -1.78. The number of hydrogen-bond acceptors (Lipinski definition) is 11. The Kier molecular flexibility index (Phi) is 11.5. The number of anilines is 1. The van der Waals surface area contributed by atoms with E-state index in [0.717, 1.165) is 16.7 Å². The summed E-state index contributed by atoms with van der Waals surface area (Å²) in [6.07, 6.45) is -0.852. The monoisotopic (exact) mass is 888 g/mol. The van der Waals surface area contributed by atoms with Gasteiger partial charge in [-0.2, -0.15) is 0 Å². The van der Waals surface area contributed by atoms with E-state index >= 15 is 14.4 Å². The molecule has 0 aliphatic carbocycles. The first kappa shape index (κ1) is 42.6. The van der Waals surface area contributed by atoms with Crippen molar-refractivity contribution in [3.63, 3.8) is 0 Å². The van der Waals surface area contributed by atoms with Gasteiger partial charge in [0.2, 0.25) is 18.6 Å². The van der Waals surface area contributed by atoms with E-state index in [4.69, 9.17) is 24.7 Å². The van der Waals surface area contributed by atoms with E-state index in [2.05, 4.69) is 27.4 Å². The van der Waals surface area contributed by atoms with Gasteiger partial charge in [-0.3, -0.25) is 24.2 Å². The number of aliphatic hydroxyl groups excluding tert-OH is 1. The number of nitrogens with two attached hydrogens (primary N) is 1. The van der Waals surface area contributed by atoms with Crippen LogP contribution in [0, 0.1) is 17.8 Å². The number of fused-ring (bicyclic) bond motifs is 4. The van der Waals surface area contributed by atoms with Gasteiger partial charge >= 0.3 is 12.0 Å². The molecule has 5 aromatic rings. The number of morpholine rings is 1. The van der Waals surface area contributed by atoms with Crippen LogP contribution in [0.4, 0.5) is 10.5 Å². The average molecular weight is 889 g/mol. The molecule has 5 aliphatic rings. The molecule has 15 nitrogen and oxygen atoms in total. The van der Waals surface area contributed by atoms with Crippen molar-refractivity contribution < 1.29 is 43.2 Å². The number of nitrogens with one attached hydrogen (secondary N) is 2. The second-order valence-corrected chi connectivity index (χ2v) is 16.9. The van der Waals surface area contributed by atoms with Crippen LogP contribution in [0.15, 0.2) is 121 Å². The maximum Gasteiger partial charge on any atom is 0.324 e. The molecule has 0 unspecified atom stereocenters. The molecule has 0 aromatic heterocycles. The van der Waals surface area contributed by atoms with E-state index < -0.39 is 53.5 Å². The van der Waals surface area contributed by atoms with Gasteiger partial charge in [0.1, 0.15) is 29.9 Å². The van der Waals surface area contributed by atoms with Gasteiger partial charge in [0.05, 0.1) is 31.2 Å². The van der Waals surface area contributed by atoms with Crippen LogP contribution in [0.2, 0.25) is 0 Å². The van der Waals surface area contributed by atoms with E-state index in [1.165, 1.54) is 0 Å². The summed E-state index contributed by atoms with van der Waals surface area (Å²) in [4.78, 5) is 64.6. The summed E-state index contributed by atoms with van der Waals surface area (Å²) in [6, 6.07) is 34.0. The highest BCUT2D eigenvalue weighted by molar-refractivity contribution is 6.12. The number of nitrogens with zero attached hydrogens (tertiary/aromatic N) is 3. The van der Waals surface area contributed by atoms with Gasteiger partial charge in [0.15, 0.2) is 11.5 Å². The number of amides is 4. The van der Waals surface area contributed by atoms with Crippen LogP contribution in [-0.4, -0.2) is 102 Å². The quantitative estimate of drug-likeness (QED) is 0.115. The molecule has 5 aromatic carbocycles. The molecule has 10 rings (SSSR count). The zero-order valence-corrected chi connectivity index (χ0v) is 35.9. The predicted molar refractivity (Wildman–Crippen MR) is 241 cm³/mol. The van der Waals surface area contributed by atoms with Gasteiger partial charge < -0.3 is 45.3 Å². The lowest BCUT2D eigenvalue weighted by Gasteiger charge is -2.46. The second kappa shape index (κ2) is 17.9. The lowest BCUT2D eigenvalue weighted by atomic mass is 9.64. The van der Waals surface area contributed by atoms with Crippen molar-refractivity contribution in [2.45, 2.75) is 36.2 Å². The fourth-order valence-corrected chi connectivity index (χ4v) is 10.5. The molecule has 5 N–H and O–H groups in total. The van der Waals surface area contributed by atoms with Crippen LogP contribution in [-0.2, 0) is 31.1 Å². The number of primary amides is 1. The normalized spacial score (nSPS) is 24.1. The fraction of sp³-hybridized carbons (Fsp3) is 0.294. The molecule has 66 heavy (non-hydrogen) atoms. The molecule has 1 spiro atoms. The van der Waals surface area contributed by atoms with E-state index in [9.17, 15) is 9.90 Å². The van der Waals surface area contributed by atoms with Crippen molar-refractivity contribution in [3.05, 3.63) is 155 Å². The number of piperazine rings is 1. The third kappa shape index (κ3) is 7.52. The number of aliphatic hydroxyl groups is 1. The molecule has 0 radical (unpaired) electrons. The smallest absolute Gasteiger partial charge is 0.324 e. The number of carbonyl (C=O) groups is 4. The fourth-order valence-electron chi connectivity index (χ4n) is 10.5. The van der Waals surface area contributed by atoms with Crippen molar-refractivity contribution in [1.82, 2.24) is 20.0 Å². The van der Waals surface area contributed by atoms with E-state index in [0.29, 0.717) is 72.4 Å². The van der Waals surface area contributed by atoms with Gasteiger partial charge in [0, 0.05) is 49.5 Å². The first-order chi connectivity index (χ1) is 32.3. The van der Waals surface area contributed by atoms with E-state index in [1.54, 1.807) is 29.2 Å². The molecule has 6 atom stereocenters. The van der Waals surface area contributed by atoms with Gasteiger partial charge in [-0.1, -0.05) is 96.8 Å². The van der Waals surface area contributed by atoms with Crippen LogP contribution in [0.25, 0.3) is 0 Å². The highest BCUT2D eigenvalue weighted by Gasteiger charge is 2.74. The second-order valence-electron chi connectivity index (χ2n) is 16.9. The third-order valence-corrected chi connectivity index (χ3v) is 13.2. The Morgan fingerprint density at radius 3 is 2.33 bits per heavy atom. The minimum Gasteiger partial charge on any atom is -0.491 e. The highest BCUT2D eigenvalue weighted by atomic mass is 16.7. The zero-order chi connectivity index (χ0) is 45.4. The van der Waals surface area contributed by atoms with Crippen LogP contribution in [0.5, 0.6) is 17.2 Å². The van der Waals surface area contributed by atoms with Crippen molar-refractivity contribution >= 4 is 29.5 Å². The Morgan fingerprint density at radius 2 is 1.58 bits per heavy atom. The largest absolute Gasteiger partial charge is 0.491 e. The van der Waals surface area contributed by atoms with Crippen molar-refractivity contribution in [2.75, 3.05) is 58.0 Å². The summed E-state index contributed by atoms with van der Waals surface area (Å²) in [6.45, 7) is 2.20. The summed E-state index contributed by atoms with van der Waals surface area (Å²) in [5.74, 6) is 5.03. The van der Waals surface area contributed by atoms with Gasteiger partial charge in [-0.05, 0) is 58.7 Å². The first-order valence-electron chi connectivity index (χ1n) is 22.0. The lowest BCUT2D eigenvalue weighted by molar-refractivity contribution is -0.179. The molecule has 3 fully saturated rings. The Bertz CT molecular complexity index is 2740. The van der Waals surface area contributed by atoms with E-state index in [-0.39, 0.29) is 32.5 Å². The number of benzene rings is 5. The van der Waals surface area contributed by atoms with Crippen molar-refractivity contribution in [3.8, 4) is 29.1 Å². The number of carbonyl (C=O) groups excluding carboxylic acids is 4. The summed E-state index contributed by atoms with van der Waals surface area (Å²) < 4.78 is 24.0. The Labute approximate surface area is 381 Å². The maximum absolute atomic E-state index is 16.0. The standard InChI is InChI=1S/C51H48N6O9/c52-50(62)53-21-9-10-32-17-19-38-37(28-32)51(49(61)54-38)42(47(59)56-24-22-55(23-25-56)30-33-18-20-40-41(29-33)65-31-64-40)44-48(60)66-45(35-13-5-2-6-14-35)43(34-11-3-1-4-12-34)57(44)46(51)36-15-7-8-16-39(36)63-27-26-58/h1-8,11-20,28-29,42-46,58H,21-27,30-31H2,(H,54,61)(H3,52,53,62)/t42-,43-,44-,45+,46+,51-/m0/s1. The van der Waals surface area contributed by atoms with Crippen molar-refractivity contribution in [2.24, 2.45) is 11.7 Å². The predicted octanol–water partition coefficient (Wildman–Crippen LogP) is 4.42. The third-order valence-electron chi connectivity index (χ3n) is 13.2. The number of rotatable bonds is 10. The van der Waals surface area contributed by atoms with E-state index in [1.807, 2.05) is 102 Å². The SMILES string of the molecule is NC(=O)NCC#Cc1ccc2c(c1)[C@]1(C(=O)N2)[C@H](C(=O)N2CCN(Cc3ccc4c(c3)OCO4)CC2)[C@H]2C(=O)O[C@H](c3ccccc3)[C@H](c3ccccc3)N2[C@@H]1c1ccccc1OCCO. The molecule has 336 valence electrons. The molecular weight excluding hydrogens is 841 g/mol. The van der Waals surface area contributed by atoms with Gasteiger partial charge in [-0.15, -0.1) is 0 Å². The molecule has 5 aliphatic heterocycles. The average Bonchev–Trinajstić information content (AvgIpc) is 4.02. The topological polar surface area (TPSA) is 185 Å². The van der Waals surface area contributed by atoms with Gasteiger partial charge in [-0.25, -0.2) is 4.79 Å². The number of urea groups is 1. The van der Waals surface area contributed by atoms with Crippen LogP contribution >= 0.6 is 0 Å². The summed E-state index contributed by atoms with van der Waals surface area (Å²) in [5.41, 5.74) is 8.13. The van der Waals surface area contributed by atoms with Crippen LogP contribution < -0.4 is 30.6 Å². The Balaban J connectivity index is 1.15. The molecular formula is C51H48N6O9. The highest BCUT2D eigenvalue weighted by Crippen LogP contribution is 2.66. The van der Waals surface area contributed by atoms with Crippen LogP contribution in [0.3, 0.4) is 0 Å². The summed E-state index contributed by atoms with van der Waals surface area (Å²) in [7, 11) is 0. The summed E-state index contributed by atoms with van der Waals surface area (Å²) >= 11 is 0.